The molecule has 4 nitrogen and oxygen atoms in total. The minimum Gasteiger partial charge on any atom is -0.497 e. The molecule has 0 saturated carbocycles. The Balaban J connectivity index is 1.74. The molecule has 0 aliphatic carbocycles. The van der Waals surface area contributed by atoms with Crippen LogP contribution < -0.4 is 14.8 Å². The number of thioether (sulfide) groups is 1. The van der Waals surface area contributed by atoms with Crippen LogP contribution in [0.4, 0.5) is 5.69 Å². The Hall–Kier alpha value is -2.92. The molecule has 0 unspecified atom stereocenters. The first kappa shape index (κ1) is 16.5. The van der Waals surface area contributed by atoms with Gasteiger partial charge in [0.15, 0.2) is 5.75 Å². The maximum Gasteiger partial charge on any atom is 0.260 e. The Morgan fingerprint density at radius 2 is 1.77 bits per heavy atom. The van der Waals surface area contributed by atoms with E-state index in [-0.39, 0.29) is 5.91 Å². The summed E-state index contributed by atoms with van der Waals surface area (Å²) in [4.78, 5) is 13.7. The second-order valence-corrected chi connectivity index (χ2v) is 6.84. The molecule has 1 aliphatic rings. The van der Waals surface area contributed by atoms with Gasteiger partial charge in [-0.1, -0.05) is 42.5 Å². The molecular weight excluding hydrogens is 346 g/mol. The molecule has 3 aromatic rings. The zero-order valence-corrected chi connectivity index (χ0v) is 15.0. The van der Waals surface area contributed by atoms with Gasteiger partial charge >= 0.3 is 0 Å². The monoisotopic (exact) mass is 363 g/mol. The van der Waals surface area contributed by atoms with Gasteiger partial charge in [-0.2, -0.15) is 0 Å². The molecule has 0 atom stereocenters. The number of para-hydroxylation sites is 2. The third-order valence-electron chi connectivity index (χ3n) is 4.09. The number of ether oxygens (including phenoxy) is 2. The van der Waals surface area contributed by atoms with Gasteiger partial charge in [0.2, 0.25) is 0 Å². The molecular formula is C21H17NO3S. The fourth-order valence-electron chi connectivity index (χ4n) is 2.80. The molecule has 0 saturated heterocycles. The zero-order valence-electron chi connectivity index (χ0n) is 14.2. The lowest BCUT2D eigenvalue weighted by atomic mass is 10.1. The molecule has 0 radical (unpaired) electrons. The number of fused-ring (bicyclic) bond motifs is 2. The molecule has 1 amide bonds. The van der Waals surface area contributed by atoms with Crippen LogP contribution in [0.5, 0.6) is 17.2 Å². The maximum absolute atomic E-state index is 12.9. The van der Waals surface area contributed by atoms with Crippen LogP contribution >= 0.6 is 11.8 Å². The van der Waals surface area contributed by atoms with Crippen molar-refractivity contribution in [2.24, 2.45) is 0 Å². The summed E-state index contributed by atoms with van der Waals surface area (Å²) < 4.78 is 11.4. The summed E-state index contributed by atoms with van der Waals surface area (Å²) in [5, 5.41) is 2.94. The van der Waals surface area contributed by atoms with Crippen molar-refractivity contribution in [3.05, 3.63) is 77.9 Å². The van der Waals surface area contributed by atoms with E-state index in [1.807, 2.05) is 48.5 Å². The number of nitrogens with one attached hydrogen (secondary N) is 1. The summed E-state index contributed by atoms with van der Waals surface area (Å²) in [5.74, 6) is 2.35. The van der Waals surface area contributed by atoms with E-state index in [4.69, 9.17) is 9.47 Å². The summed E-state index contributed by atoms with van der Waals surface area (Å²) in [5.41, 5.74) is 2.38. The van der Waals surface area contributed by atoms with Gasteiger partial charge in [-0.15, -0.1) is 11.8 Å². The highest BCUT2D eigenvalue weighted by molar-refractivity contribution is 7.98. The van der Waals surface area contributed by atoms with Gasteiger partial charge in [-0.3, -0.25) is 4.79 Å². The highest BCUT2D eigenvalue weighted by atomic mass is 32.2. The smallest absolute Gasteiger partial charge is 0.260 e. The van der Waals surface area contributed by atoms with E-state index in [2.05, 4.69) is 17.4 Å². The first-order valence-corrected chi connectivity index (χ1v) is 9.20. The maximum atomic E-state index is 12.9. The van der Waals surface area contributed by atoms with E-state index in [1.165, 1.54) is 5.56 Å². The van der Waals surface area contributed by atoms with Crippen LogP contribution in [0.25, 0.3) is 0 Å². The fourth-order valence-corrected chi connectivity index (χ4v) is 3.85. The predicted molar refractivity (Wildman–Crippen MR) is 103 cm³/mol. The van der Waals surface area contributed by atoms with Crippen molar-refractivity contribution in [1.82, 2.24) is 0 Å². The van der Waals surface area contributed by atoms with Crippen molar-refractivity contribution in [3.63, 3.8) is 0 Å². The van der Waals surface area contributed by atoms with E-state index in [1.54, 1.807) is 24.9 Å². The predicted octanol–water partition coefficient (Wildman–Crippen LogP) is 5.35. The number of carbonyl (C=O) groups is 1. The van der Waals surface area contributed by atoms with E-state index >= 15 is 0 Å². The van der Waals surface area contributed by atoms with Crippen molar-refractivity contribution in [3.8, 4) is 17.2 Å². The van der Waals surface area contributed by atoms with E-state index in [0.29, 0.717) is 28.5 Å². The van der Waals surface area contributed by atoms with Crippen molar-refractivity contribution < 1.29 is 14.3 Å². The second-order valence-electron chi connectivity index (χ2n) is 5.83. The molecule has 3 aromatic carbocycles. The van der Waals surface area contributed by atoms with Crippen LogP contribution in [0.2, 0.25) is 0 Å². The summed E-state index contributed by atoms with van der Waals surface area (Å²) in [6.45, 7) is 0. The van der Waals surface area contributed by atoms with Crippen LogP contribution in [-0.4, -0.2) is 13.0 Å². The first-order chi connectivity index (χ1) is 12.7. The third-order valence-corrected chi connectivity index (χ3v) is 5.21. The van der Waals surface area contributed by atoms with Gasteiger partial charge in [-0.25, -0.2) is 0 Å². The molecule has 1 heterocycles. The van der Waals surface area contributed by atoms with Gasteiger partial charge < -0.3 is 14.8 Å². The number of anilines is 1. The van der Waals surface area contributed by atoms with Crippen LogP contribution in [0, 0.1) is 0 Å². The number of hydrogen-bond acceptors (Lipinski definition) is 4. The van der Waals surface area contributed by atoms with Crippen molar-refractivity contribution in [1.29, 1.82) is 0 Å². The van der Waals surface area contributed by atoms with Gasteiger partial charge in [0, 0.05) is 16.7 Å². The lowest BCUT2D eigenvalue weighted by molar-refractivity contribution is 0.102. The molecule has 0 fully saturated rings. The van der Waals surface area contributed by atoms with Crippen molar-refractivity contribution >= 4 is 23.4 Å². The molecule has 4 rings (SSSR count). The number of methoxy groups -OCH3 is 1. The lowest BCUT2D eigenvalue weighted by Crippen LogP contribution is -2.12. The van der Waals surface area contributed by atoms with Crippen molar-refractivity contribution in [2.75, 3.05) is 12.4 Å². The molecule has 26 heavy (non-hydrogen) atoms. The number of carbonyl (C=O) groups excluding carboxylic acids is 1. The highest BCUT2D eigenvalue weighted by Gasteiger charge is 2.25. The minimum atomic E-state index is -0.178. The van der Waals surface area contributed by atoms with Gasteiger partial charge in [0.1, 0.15) is 11.5 Å². The molecule has 0 aromatic heterocycles. The molecule has 1 aliphatic heterocycles. The van der Waals surface area contributed by atoms with E-state index < -0.39 is 0 Å². The van der Waals surface area contributed by atoms with Crippen LogP contribution in [-0.2, 0) is 5.75 Å². The number of amides is 1. The number of rotatable bonds is 4. The molecule has 5 heteroatoms. The first-order valence-electron chi connectivity index (χ1n) is 8.21. The Morgan fingerprint density at radius 3 is 2.58 bits per heavy atom. The SMILES string of the molecule is COc1cc2c(c(SCc3ccccc3)c1)C(=O)Nc1ccccc1O2. The zero-order chi connectivity index (χ0) is 17.9. The lowest BCUT2D eigenvalue weighted by Gasteiger charge is -2.13. The van der Waals surface area contributed by atoms with Crippen molar-refractivity contribution in [2.45, 2.75) is 10.6 Å². The number of hydrogen-bond donors (Lipinski definition) is 1. The van der Waals surface area contributed by atoms with Gasteiger partial charge in [0.25, 0.3) is 5.91 Å². The Morgan fingerprint density at radius 1 is 1.00 bits per heavy atom. The van der Waals surface area contributed by atoms with E-state index in [0.717, 1.165) is 10.6 Å². The summed E-state index contributed by atoms with van der Waals surface area (Å²) in [7, 11) is 1.61. The molecule has 0 spiro atoms. The average Bonchev–Trinajstić information content (AvgIpc) is 2.82. The molecule has 0 bridgehead atoms. The topological polar surface area (TPSA) is 47.6 Å². The summed E-state index contributed by atoms with van der Waals surface area (Å²) in [6.07, 6.45) is 0. The normalized spacial score (nSPS) is 12.3. The van der Waals surface area contributed by atoms with Crippen LogP contribution in [0.15, 0.2) is 71.6 Å². The molecule has 1 N–H and O–H groups in total. The summed E-state index contributed by atoms with van der Waals surface area (Å²) in [6, 6.07) is 21.2. The Kier molecular flexibility index (Phi) is 4.54. The van der Waals surface area contributed by atoms with Gasteiger partial charge in [-0.05, 0) is 23.8 Å². The average molecular weight is 363 g/mol. The standard InChI is InChI=1S/C21H17NO3S/c1-24-15-11-18-20(19(12-15)26-13-14-7-3-2-4-8-14)21(23)22-16-9-5-6-10-17(16)25-18/h2-12H,13H2,1H3,(H,22,23). The number of benzene rings is 3. The third kappa shape index (κ3) is 3.26. The quantitative estimate of drug-likeness (QED) is 0.635. The van der Waals surface area contributed by atoms with Crippen LogP contribution in [0.3, 0.4) is 0 Å². The van der Waals surface area contributed by atoms with E-state index in [9.17, 15) is 4.79 Å². The summed E-state index contributed by atoms with van der Waals surface area (Å²) >= 11 is 1.59. The largest absolute Gasteiger partial charge is 0.497 e. The Labute approximate surface area is 156 Å². The fraction of sp³-hybridized carbons (Fsp3) is 0.0952. The Bertz CT molecular complexity index is 957. The second kappa shape index (κ2) is 7.14. The molecule has 130 valence electrons. The van der Waals surface area contributed by atoms with Crippen LogP contribution in [0.1, 0.15) is 15.9 Å². The highest BCUT2D eigenvalue weighted by Crippen LogP contribution is 2.42. The van der Waals surface area contributed by atoms with Gasteiger partial charge in [0.05, 0.1) is 18.4 Å². The minimum absolute atomic E-state index is 0.178.